The quantitative estimate of drug-likeness (QED) is 0.793. The number of carbonyl (C=O) groups is 2. The van der Waals surface area contributed by atoms with Gasteiger partial charge in [0.05, 0.1) is 0 Å². The highest BCUT2D eigenvalue weighted by Gasteiger charge is 2.48. The van der Waals surface area contributed by atoms with Crippen LogP contribution < -0.4 is 5.32 Å². The first-order chi connectivity index (χ1) is 7.99. The average molecular weight is 236 g/mol. The number of likely N-dealkylation sites (N-methyl/N-ethyl adjacent to an activating group) is 1. The molecule has 1 saturated heterocycles. The van der Waals surface area contributed by atoms with Gasteiger partial charge < -0.3 is 5.32 Å². The number of nitrogens with zero attached hydrogens (tertiary/aromatic N) is 1. The van der Waals surface area contributed by atoms with Crippen molar-refractivity contribution in [2.24, 2.45) is 0 Å². The fraction of sp³-hybridized carbons (Fsp3) is 0.333. The van der Waals surface area contributed by atoms with E-state index in [4.69, 9.17) is 0 Å². The van der Waals surface area contributed by atoms with Crippen LogP contribution in [0, 0.1) is 5.82 Å². The summed E-state index contributed by atoms with van der Waals surface area (Å²) in [5.74, 6) is -0.682. The van der Waals surface area contributed by atoms with Gasteiger partial charge in [-0.3, -0.25) is 9.69 Å². The summed E-state index contributed by atoms with van der Waals surface area (Å²) in [4.78, 5) is 24.8. The molecule has 1 aromatic carbocycles. The number of urea groups is 1. The SMILES string of the molecule is CCN1C(=O)N[C@@](C)(c2ccc(F)cc2)C1=O. The Morgan fingerprint density at radius 1 is 1.29 bits per heavy atom. The molecule has 4 nitrogen and oxygen atoms in total. The molecule has 1 heterocycles. The molecular formula is C12H13FN2O2. The maximum Gasteiger partial charge on any atom is 0.325 e. The number of amides is 3. The van der Waals surface area contributed by atoms with E-state index in [-0.39, 0.29) is 11.7 Å². The molecule has 0 saturated carbocycles. The topological polar surface area (TPSA) is 49.4 Å². The van der Waals surface area contributed by atoms with Crippen LogP contribution in [0.25, 0.3) is 0 Å². The second-order valence-corrected chi connectivity index (χ2v) is 4.11. The Labute approximate surface area is 98.4 Å². The monoisotopic (exact) mass is 236 g/mol. The van der Waals surface area contributed by atoms with Gasteiger partial charge in [-0.1, -0.05) is 12.1 Å². The number of nitrogens with one attached hydrogen (secondary N) is 1. The molecule has 1 fully saturated rings. The van der Waals surface area contributed by atoms with E-state index in [9.17, 15) is 14.0 Å². The zero-order valence-electron chi connectivity index (χ0n) is 9.66. The predicted molar refractivity (Wildman–Crippen MR) is 59.7 cm³/mol. The fourth-order valence-electron chi connectivity index (χ4n) is 1.96. The van der Waals surface area contributed by atoms with Crippen molar-refractivity contribution < 1.29 is 14.0 Å². The van der Waals surface area contributed by atoms with E-state index < -0.39 is 11.6 Å². The highest BCUT2D eigenvalue weighted by Crippen LogP contribution is 2.28. The van der Waals surface area contributed by atoms with Gasteiger partial charge in [-0.05, 0) is 31.5 Å². The molecule has 17 heavy (non-hydrogen) atoms. The van der Waals surface area contributed by atoms with E-state index in [2.05, 4.69) is 5.32 Å². The number of hydrogen-bond donors (Lipinski definition) is 1. The molecule has 1 aromatic rings. The third-order valence-corrected chi connectivity index (χ3v) is 3.01. The van der Waals surface area contributed by atoms with Crippen molar-refractivity contribution in [2.75, 3.05) is 6.54 Å². The van der Waals surface area contributed by atoms with Gasteiger partial charge in [0.25, 0.3) is 5.91 Å². The van der Waals surface area contributed by atoms with Gasteiger partial charge in [-0.15, -0.1) is 0 Å². The molecule has 90 valence electrons. The van der Waals surface area contributed by atoms with E-state index in [0.717, 1.165) is 4.90 Å². The highest BCUT2D eigenvalue weighted by molar-refractivity contribution is 6.07. The first kappa shape index (κ1) is 11.6. The summed E-state index contributed by atoms with van der Waals surface area (Å²) in [7, 11) is 0. The molecule has 5 heteroatoms. The minimum Gasteiger partial charge on any atom is -0.319 e. The molecule has 1 aliphatic heterocycles. The standard InChI is InChI=1S/C12H13FN2O2/c1-3-15-10(16)12(2,14-11(15)17)8-4-6-9(13)7-5-8/h4-7H,3H2,1-2H3,(H,14,17)/t12-/m0/s1. The van der Waals surface area contributed by atoms with E-state index >= 15 is 0 Å². The Balaban J connectivity index is 2.41. The Kier molecular flexibility index (Phi) is 2.61. The number of rotatable bonds is 2. The van der Waals surface area contributed by atoms with Crippen LogP contribution in [-0.4, -0.2) is 23.4 Å². The average Bonchev–Trinajstić information content (AvgIpc) is 2.51. The Morgan fingerprint density at radius 3 is 2.35 bits per heavy atom. The summed E-state index contributed by atoms with van der Waals surface area (Å²) in [5.41, 5.74) is -0.519. The Bertz CT molecular complexity index is 472. The lowest BCUT2D eigenvalue weighted by Crippen LogP contribution is -2.40. The molecular weight excluding hydrogens is 223 g/mol. The number of hydrogen-bond acceptors (Lipinski definition) is 2. The molecule has 0 unspecified atom stereocenters. The molecule has 2 rings (SSSR count). The van der Waals surface area contributed by atoms with E-state index in [1.54, 1.807) is 13.8 Å². The third kappa shape index (κ3) is 1.67. The fourth-order valence-corrected chi connectivity index (χ4v) is 1.96. The molecule has 0 spiro atoms. The van der Waals surface area contributed by atoms with Gasteiger partial charge >= 0.3 is 6.03 Å². The predicted octanol–water partition coefficient (Wildman–Crippen LogP) is 1.61. The van der Waals surface area contributed by atoms with Crippen LogP contribution in [0.4, 0.5) is 9.18 Å². The molecule has 3 amide bonds. The van der Waals surface area contributed by atoms with Crippen molar-refractivity contribution in [3.05, 3.63) is 35.6 Å². The van der Waals surface area contributed by atoms with Crippen molar-refractivity contribution >= 4 is 11.9 Å². The third-order valence-electron chi connectivity index (χ3n) is 3.01. The Hall–Kier alpha value is -1.91. The molecule has 0 aromatic heterocycles. The van der Waals surface area contributed by atoms with E-state index in [0.29, 0.717) is 12.1 Å². The lowest BCUT2D eigenvalue weighted by molar-refractivity contribution is -0.130. The van der Waals surface area contributed by atoms with Crippen molar-refractivity contribution in [3.8, 4) is 0 Å². The lowest BCUT2D eigenvalue weighted by atomic mass is 9.92. The smallest absolute Gasteiger partial charge is 0.319 e. The molecule has 1 atom stereocenters. The van der Waals surface area contributed by atoms with E-state index in [1.807, 2.05) is 0 Å². The largest absolute Gasteiger partial charge is 0.325 e. The number of halogens is 1. The van der Waals surface area contributed by atoms with Crippen molar-refractivity contribution in [2.45, 2.75) is 19.4 Å². The van der Waals surface area contributed by atoms with Crippen molar-refractivity contribution in [1.82, 2.24) is 10.2 Å². The Morgan fingerprint density at radius 2 is 1.88 bits per heavy atom. The van der Waals surface area contributed by atoms with Crippen LogP contribution in [0.15, 0.2) is 24.3 Å². The minimum absolute atomic E-state index is 0.309. The second-order valence-electron chi connectivity index (χ2n) is 4.11. The number of benzene rings is 1. The molecule has 0 aliphatic carbocycles. The summed E-state index contributed by atoms with van der Waals surface area (Å²) in [6.45, 7) is 3.67. The minimum atomic E-state index is -1.10. The molecule has 1 aliphatic rings. The van der Waals surface area contributed by atoms with Crippen LogP contribution in [-0.2, 0) is 10.3 Å². The summed E-state index contributed by atoms with van der Waals surface area (Å²) in [5, 5.41) is 2.63. The summed E-state index contributed by atoms with van der Waals surface area (Å²) in [6, 6.07) is 5.15. The van der Waals surface area contributed by atoms with Gasteiger partial charge in [0.15, 0.2) is 0 Å². The van der Waals surface area contributed by atoms with Gasteiger partial charge in [0.1, 0.15) is 11.4 Å². The molecule has 0 radical (unpaired) electrons. The normalized spacial score (nSPS) is 24.1. The summed E-state index contributed by atoms with van der Waals surface area (Å²) < 4.78 is 12.8. The first-order valence-corrected chi connectivity index (χ1v) is 5.39. The van der Waals surface area contributed by atoms with Crippen LogP contribution in [0.2, 0.25) is 0 Å². The number of carbonyl (C=O) groups excluding carboxylic acids is 2. The van der Waals surface area contributed by atoms with Crippen LogP contribution >= 0.6 is 0 Å². The maximum absolute atomic E-state index is 12.8. The van der Waals surface area contributed by atoms with Crippen LogP contribution in [0.1, 0.15) is 19.4 Å². The lowest BCUT2D eigenvalue weighted by Gasteiger charge is -2.21. The zero-order valence-corrected chi connectivity index (χ0v) is 9.66. The van der Waals surface area contributed by atoms with Gasteiger partial charge in [0, 0.05) is 6.54 Å². The van der Waals surface area contributed by atoms with Gasteiger partial charge in [-0.25, -0.2) is 9.18 Å². The van der Waals surface area contributed by atoms with Gasteiger partial charge in [-0.2, -0.15) is 0 Å². The summed E-state index contributed by atoms with van der Waals surface area (Å²) >= 11 is 0. The first-order valence-electron chi connectivity index (χ1n) is 5.39. The second kappa shape index (κ2) is 3.84. The highest BCUT2D eigenvalue weighted by atomic mass is 19.1. The van der Waals surface area contributed by atoms with Gasteiger partial charge in [0.2, 0.25) is 0 Å². The van der Waals surface area contributed by atoms with Crippen LogP contribution in [0.5, 0.6) is 0 Å². The zero-order chi connectivity index (χ0) is 12.6. The molecule has 0 bridgehead atoms. The van der Waals surface area contributed by atoms with Crippen molar-refractivity contribution in [3.63, 3.8) is 0 Å². The van der Waals surface area contributed by atoms with Crippen molar-refractivity contribution in [1.29, 1.82) is 0 Å². The van der Waals surface area contributed by atoms with E-state index in [1.165, 1.54) is 24.3 Å². The summed E-state index contributed by atoms with van der Waals surface area (Å²) in [6.07, 6.45) is 0. The van der Waals surface area contributed by atoms with Crippen LogP contribution in [0.3, 0.4) is 0 Å². The maximum atomic E-state index is 12.8. The molecule has 1 N–H and O–H groups in total. The number of imide groups is 1.